The highest BCUT2D eigenvalue weighted by molar-refractivity contribution is 9.13. The van der Waals surface area contributed by atoms with Crippen LogP contribution in [-0.2, 0) is 4.74 Å². The Morgan fingerprint density at radius 2 is 2.18 bits per heavy atom. The summed E-state index contributed by atoms with van der Waals surface area (Å²) in [5, 5.41) is 2.98. The van der Waals surface area contributed by atoms with E-state index in [2.05, 4.69) is 37.2 Å². The number of halogens is 2. The van der Waals surface area contributed by atoms with Gasteiger partial charge in [-0.2, -0.15) is 0 Å². The van der Waals surface area contributed by atoms with Crippen LogP contribution < -0.4 is 5.32 Å². The van der Waals surface area contributed by atoms with Gasteiger partial charge in [0.05, 0.1) is 8.66 Å². The molecule has 17 heavy (non-hydrogen) atoms. The number of amides is 1. The van der Waals surface area contributed by atoms with E-state index in [-0.39, 0.29) is 5.91 Å². The van der Waals surface area contributed by atoms with Gasteiger partial charge in [0.2, 0.25) is 0 Å². The predicted octanol–water partition coefficient (Wildman–Crippen LogP) is 3.43. The fraction of sp³-hybridized carbons (Fsp3) is 0.545. The molecule has 1 aliphatic heterocycles. The lowest BCUT2D eigenvalue weighted by molar-refractivity contribution is 0.0643. The molecule has 6 heteroatoms. The Balaban J connectivity index is 1.84. The van der Waals surface area contributed by atoms with Crippen LogP contribution >= 0.6 is 43.2 Å². The summed E-state index contributed by atoms with van der Waals surface area (Å²) < 4.78 is 7.17. The molecular weight excluding hydrogens is 370 g/mol. The standard InChI is InChI=1S/C11H13Br2NO2S/c12-8-5-9(17-10(8)13)11(15)14-6-7-1-3-16-4-2-7/h5,7H,1-4,6H2,(H,14,15). The smallest absolute Gasteiger partial charge is 0.261 e. The van der Waals surface area contributed by atoms with Gasteiger partial charge in [0.25, 0.3) is 5.91 Å². The van der Waals surface area contributed by atoms with Crippen molar-refractivity contribution < 1.29 is 9.53 Å². The SMILES string of the molecule is O=C(NCC1CCOCC1)c1cc(Br)c(Br)s1. The maximum atomic E-state index is 11.9. The van der Waals surface area contributed by atoms with Crippen molar-refractivity contribution in [1.29, 1.82) is 0 Å². The Morgan fingerprint density at radius 1 is 1.47 bits per heavy atom. The molecular formula is C11H13Br2NO2S. The fourth-order valence-corrected chi connectivity index (χ4v) is 3.69. The Hall–Kier alpha value is 0.0900. The van der Waals surface area contributed by atoms with Crippen molar-refractivity contribution in [1.82, 2.24) is 5.32 Å². The zero-order chi connectivity index (χ0) is 12.3. The van der Waals surface area contributed by atoms with Crippen LogP contribution in [0.4, 0.5) is 0 Å². The molecule has 0 atom stereocenters. The number of rotatable bonds is 3. The lowest BCUT2D eigenvalue weighted by atomic mass is 10.0. The topological polar surface area (TPSA) is 38.3 Å². The fourth-order valence-electron chi connectivity index (χ4n) is 1.73. The largest absolute Gasteiger partial charge is 0.381 e. The summed E-state index contributed by atoms with van der Waals surface area (Å²) in [6.07, 6.45) is 2.08. The van der Waals surface area contributed by atoms with Crippen molar-refractivity contribution in [3.63, 3.8) is 0 Å². The van der Waals surface area contributed by atoms with E-state index in [9.17, 15) is 4.79 Å². The van der Waals surface area contributed by atoms with Gasteiger partial charge in [-0.25, -0.2) is 0 Å². The van der Waals surface area contributed by atoms with Crippen LogP contribution in [0, 0.1) is 5.92 Å². The normalized spacial score (nSPS) is 17.1. The van der Waals surface area contributed by atoms with E-state index in [4.69, 9.17) is 4.74 Å². The van der Waals surface area contributed by atoms with Crippen LogP contribution in [0.25, 0.3) is 0 Å². The third-order valence-corrected chi connectivity index (χ3v) is 6.02. The van der Waals surface area contributed by atoms with Crippen LogP contribution in [0.1, 0.15) is 22.5 Å². The predicted molar refractivity (Wildman–Crippen MR) is 75.6 cm³/mol. The second-order valence-electron chi connectivity index (χ2n) is 4.00. The van der Waals surface area contributed by atoms with Crippen LogP contribution in [-0.4, -0.2) is 25.7 Å². The molecule has 94 valence electrons. The van der Waals surface area contributed by atoms with Gasteiger partial charge in [-0.15, -0.1) is 11.3 Å². The molecule has 0 unspecified atom stereocenters. The van der Waals surface area contributed by atoms with E-state index >= 15 is 0 Å². The molecule has 0 spiro atoms. The number of nitrogens with one attached hydrogen (secondary N) is 1. The summed E-state index contributed by atoms with van der Waals surface area (Å²) in [6.45, 7) is 2.38. The summed E-state index contributed by atoms with van der Waals surface area (Å²) >= 11 is 8.21. The van der Waals surface area contributed by atoms with Crippen molar-refractivity contribution in [2.75, 3.05) is 19.8 Å². The summed E-state index contributed by atoms with van der Waals surface area (Å²) in [5.41, 5.74) is 0. The molecule has 1 N–H and O–H groups in total. The molecule has 1 aromatic rings. The van der Waals surface area contributed by atoms with Crippen molar-refractivity contribution in [3.05, 3.63) is 19.2 Å². The first-order valence-electron chi connectivity index (χ1n) is 5.47. The van der Waals surface area contributed by atoms with Crippen LogP contribution in [0.2, 0.25) is 0 Å². The first-order valence-corrected chi connectivity index (χ1v) is 7.88. The van der Waals surface area contributed by atoms with Gasteiger partial charge in [0, 0.05) is 24.2 Å². The van der Waals surface area contributed by atoms with Crippen LogP contribution in [0.5, 0.6) is 0 Å². The van der Waals surface area contributed by atoms with E-state index in [1.54, 1.807) is 0 Å². The Bertz CT molecular complexity index is 383. The quantitative estimate of drug-likeness (QED) is 0.869. The van der Waals surface area contributed by atoms with E-state index in [1.807, 2.05) is 6.07 Å². The van der Waals surface area contributed by atoms with Gasteiger partial charge in [0.15, 0.2) is 0 Å². The second-order valence-corrected chi connectivity index (χ2v) is 7.22. The molecule has 1 aromatic heterocycles. The minimum Gasteiger partial charge on any atom is -0.381 e. The third-order valence-electron chi connectivity index (χ3n) is 2.76. The molecule has 0 aliphatic carbocycles. The van der Waals surface area contributed by atoms with E-state index < -0.39 is 0 Å². The molecule has 1 aliphatic rings. The van der Waals surface area contributed by atoms with Crippen molar-refractivity contribution >= 4 is 49.1 Å². The minimum absolute atomic E-state index is 0.00731. The molecule has 1 saturated heterocycles. The monoisotopic (exact) mass is 381 g/mol. The van der Waals surface area contributed by atoms with E-state index in [1.165, 1.54) is 11.3 Å². The molecule has 0 radical (unpaired) electrons. The van der Waals surface area contributed by atoms with Gasteiger partial charge in [-0.05, 0) is 56.7 Å². The molecule has 0 saturated carbocycles. The summed E-state index contributed by atoms with van der Waals surface area (Å²) in [5.74, 6) is 0.562. The van der Waals surface area contributed by atoms with Gasteiger partial charge >= 0.3 is 0 Å². The molecule has 1 amide bonds. The Labute approximate surface area is 121 Å². The average molecular weight is 383 g/mol. The second kappa shape index (κ2) is 6.31. The van der Waals surface area contributed by atoms with Crippen molar-refractivity contribution in [2.24, 2.45) is 5.92 Å². The summed E-state index contributed by atoms with van der Waals surface area (Å²) in [4.78, 5) is 12.6. The molecule has 2 heterocycles. The van der Waals surface area contributed by atoms with Gasteiger partial charge in [0.1, 0.15) is 0 Å². The average Bonchev–Trinajstić information content (AvgIpc) is 2.68. The van der Waals surface area contributed by atoms with Gasteiger partial charge in [-0.3, -0.25) is 4.79 Å². The number of thiophene rings is 1. The zero-order valence-electron chi connectivity index (χ0n) is 9.17. The highest BCUT2D eigenvalue weighted by Crippen LogP contribution is 2.32. The van der Waals surface area contributed by atoms with Gasteiger partial charge < -0.3 is 10.1 Å². The summed E-state index contributed by atoms with van der Waals surface area (Å²) in [6, 6.07) is 1.84. The number of ether oxygens (including phenoxy) is 1. The highest BCUT2D eigenvalue weighted by atomic mass is 79.9. The first-order chi connectivity index (χ1) is 8.16. The number of hydrogen-bond acceptors (Lipinski definition) is 3. The Kier molecular flexibility index (Phi) is 5.02. The maximum Gasteiger partial charge on any atom is 0.261 e. The van der Waals surface area contributed by atoms with Crippen LogP contribution in [0.15, 0.2) is 14.3 Å². The van der Waals surface area contributed by atoms with E-state index in [0.29, 0.717) is 5.92 Å². The first kappa shape index (κ1) is 13.5. The molecule has 1 fully saturated rings. The Morgan fingerprint density at radius 3 is 2.76 bits per heavy atom. The molecule has 0 bridgehead atoms. The maximum absolute atomic E-state index is 11.9. The highest BCUT2D eigenvalue weighted by Gasteiger charge is 2.16. The minimum atomic E-state index is 0.00731. The van der Waals surface area contributed by atoms with Crippen molar-refractivity contribution in [2.45, 2.75) is 12.8 Å². The van der Waals surface area contributed by atoms with E-state index in [0.717, 1.165) is 45.7 Å². The molecule has 0 aromatic carbocycles. The third kappa shape index (κ3) is 3.77. The molecule has 2 rings (SSSR count). The number of carbonyl (C=O) groups excluding carboxylic acids is 1. The number of hydrogen-bond donors (Lipinski definition) is 1. The number of carbonyl (C=O) groups is 1. The van der Waals surface area contributed by atoms with Crippen LogP contribution in [0.3, 0.4) is 0 Å². The summed E-state index contributed by atoms with van der Waals surface area (Å²) in [7, 11) is 0. The lowest BCUT2D eigenvalue weighted by Gasteiger charge is -2.21. The van der Waals surface area contributed by atoms with Crippen molar-refractivity contribution in [3.8, 4) is 0 Å². The lowest BCUT2D eigenvalue weighted by Crippen LogP contribution is -2.31. The molecule has 3 nitrogen and oxygen atoms in total. The van der Waals surface area contributed by atoms with Gasteiger partial charge in [-0.1, -0.05) is 0 Å². The zero-order valence-corrected chi connectivity index (χ0v) is 13.2.